The molecule has 0 saturated carbocycles. The molecule has 1 saturated heterocycles. The second kappa shape index (κ2) is 8.52. The number of aromatic amines is 1. The van der Waals surface area contributed by atoms with Gasteiger partial charge in [0.25, 0.3) is 11.5 Å². The van der Waals surface area contributed by atoms with Gasteiger partial charge in [0.05, 0.1) is 28.7 Å². The van der Waals surface area contributed by atoms with Crippen molar-refractivity contribution in [3.8, 4) is 0 Å². The molecule has 32 heavy (non-hydrogen) atoms. The number of thiophene rings is 1. The van der Waals surface area contributed by atoms with Crippen LogP contribution in [0, 0.1) is 6.92 Å². The minimum atomic E-state index is -0.215. The van der Waals surface area contributed by atoms with Crippen LogP contribution in [0.25, 0.3) is 10.2 Å². The fourth-order valence-electron chi connectivity index (χ4n) is 4.19. The number of aromatic nitrogens is 3. The number of fused-ring (bicyclic) bond motifs is 1. The Labute approximate surface area is 193 Å². The van der Waals surface area contributed by atoms with Gasteiger partial charge in [-0.05, 0) is 43.0 Å². The first kappa shape index (κ1) is 20.9. The summed E-state index contributed by atoms with van der Waals surface area (Å²) in [6, 6.07) is 7.66. The van der Waals surface area contributed by atoms with Gasteiger partial charge in [-0.3, -0.25) is 9.59 Å². The highest BCUT2D eigenvalue weighted by molar-refractivity contribution is 7.20. The third-order valence-electron chi connectivity index (χ3n) is 5.85. The number of rotatable bonds is 4. The zero-order chi connectivity index (χ0) is 22.2. The van der Waals surface area contributed by atoms with Gasteiger partial charge in [-0.2, -0.15) is 0 Å². The molecule has 1 amide bonds. The van der Waals surface area contributed by atoms with E-state index in [-0.39, 0.29) is 17.4 Å². The van der Waals surface area contributed by atoms with Crippen LogP contribution in [0.1, 0.15) is 51.2 Å². The summed E-state index contributed by atoms with van der Waals surface area (Å²) in [5.74, 6) is 1.43. The Hall–Kier alpha value is -2.97. The summed E-state index contributed by atoms with van der Waals surface area (Å²) in [6.07, 6.45) is 5.56. The Balaban J connectivity index is 1.33. The van der Waals surface area contributed by atoms with Crippen LogP contribution in [0.3, 0.4) is 0 Å². The number of oxazole rings is 1. The molecule has 4 heterocycles. The molecule has 3 aromatic heterocycles. The number of carbonyl (C=O) groups excluding carboxylic acids is 1. The van der Waals surface area contributed by atoms with Gasteiger partial charge in [-0.25, -0.2) is 9.97 Å². The van der Waals surface area contributed by atoms with Crippen LogP contribution < -0.4 is 5.56 Å². The van der Waals surface area contributed by atoms with E-state index in [9.17, 15) is 9.59 Å². The number of H-pyrrole nitrogens is 1. The molecule has 5 rings (SSSR count). The van der Waals surface area contributed by atoms with E-state index in [0.717, 1.165) is 24.2 Å². The lowest BCUT2D eigenvalue weighted by Gasteiger charge is -2.31. The summed E-state index contributed by atoms with van der Waals surface area (Å²) < 4.78 is 6.04. The number of amides is 1. The van der Waals surface area contributed by atoms with Gasteiger partial charge in [0.2, 0.25) is 0 Å². The standard InChI is InChI=1S/C23H21ClN4O3S/c1-13-18-20(29)26-12-27-22(18)32-19(13)23(30)28-8-2-3-15(11-28)21-25-10-17(31-21)9-14-4-6-16(24)7-5-14/h4-7,10,12,15H,2-3,8-9,11H2,1H3,(H,26,27,29)/t15-/m1/s1. The normalized spacial score (nSPS) is 16.6. The molecule has 164 valence electrons. The number of piperidine rings is 1. The van der Waals surface area contributed by atoms with E-state index in [2.05, 4.69) is 15.0 Å². The monoisotopic (exact) mass is 468 g/mol. The number of hydrogen-bond acceptors (Lipinski definition) is 6. The quantitative estimate of drug-likeness (QED) is 0.474. The summed E-state index contributed by atoms with van der Waals surface area (Å²) in [6.45, 7) is 3.02. The molecular formula is C23H21ClN4O3S. The Morgan fingerprint density at radius 2 is 2.12 bits per heavy atom. The van der Waals surface area contributed by atoms with Gasteiger partial charge in [0.1, 0.15) is 10.6 Å². The number of benzene rings is 1. The topological polar surface area (TPSA) is 92.1 Å². The molecule has 0 unspecified atom stereocenters. The molecule has 0 aliphatic carbocycles. The van der Waals surface area contributed by atoms with Crippen molar-refractivity contribution in [1.82, 2.24) is 19.9 Å². The number of hydrogen-bond donors (Lipinski definition) is 1. The van der Waals surface area contributed by atoms with E-state index in [1.807, 2.05) is 36.1 Å². The summed E-state index contributed by atoms with van der Waals surface area (Å²) in [5.41, 5.74) is 1.57. The Kier molecular flexibility index (Phi) is 5.57. The van der Waals surface area contributed by atoms with E-state index in [4.69, 9.17) is 16.0 Å². The predicted molar refractivity (Wildman–Crippen MR) is 124 cm³/mol. The lowest BCUT2D eigenvalue weighted by Crippen LogP contribution is -2.39. The van der Waals surface area contributed by atoms with Crippen LogP contribution in [-0.4, -0.2) is 38.8 Å². The van der Waals surface area contributed by atoms with Crippen LogP contribution >= 0.6 is 22.9 Å². The van der Waals surface area contributed by atoms with Crippen molar-refractivity contribution in [2.45, 2.75) is 32.1 Å². The summed E-state index contributed by atoms with van der Waals surface area (Å²) in [7, 11) is 0. The first-order valence-corrected chi connectivity index (χ1v) is 11.6. The van der Waals surface area contributed by atoms with E-state index in [1.165, 1.54) is 17.7 Å². The lowest BCUT2D eigenvalue weighted by atomic mass is 9.97. The second-order valence-electron chi connectivity index (χ2n) is 8.03. The van der Waals surface area contributed by atoms with E-state index < -0.39 is 0 Å². The molecule has 4 aromatic rings. The third kappa shape index (κ3) is 3.96. The van der Waals surface area contributed by atoms with Crippen LogP contribution in [0.5, 0.6) is 0 Å². The van der Waals surface area contributed by atoms with Crippen molar-refractivity contribution >= 4 is 39.1 Å². The number of nitrogens with zero attached hydrogens (tertiary/aromatic N) is 3. The summed E-state index contributed by atoms with van der Waals surface area (Å²) in [4.78, 5) is 39.7. The zero-order valence-corrected chi connectivity index (χ0v) is 19.0. The molecule has 0 spiro atoms. The SMILES string of the molecule is Cc1c(C(=O)N2CCC[C@@H](c3ncc(Cc4ccc(Cl)cc4)o3)C2)sc2nc[nH]c(=O)c12. The van der Waals surface area contributed by atoms with Gasteiger partial charge in [-0.1, -0.05) is 23.7 Å². The highest BCUT2D eigenvalue weighted by Gasteiger charge is 2.30. The first-order valence-electron chi connectivity index (χ1n) is 10.4. The molecule has 9 heteroatoms. The molecule has 1 N–H and O–H groups in total. The second-order valence-corrected chi connectivity index (χ2v) is 9.46. The Morgan fingerprint density at radius 3 is 2.91 bits per heavy atom. The average Bonchev–Trinajstić information content (AvgIpc) is 3.40. The highest BCUT2D eigenvalue weighted by atomic mass is 35.5. The number of halogens is 1. The van der Waals surface area contributed by atoms with Crippen LogP contribution in [-0.2, 0) is 6.42 Å². The van der Waals surface area contributed by atoms with Gasteiger partial charge in [-0.15, -0.1) is 11.3 Å². The van der Waals surface area contributed by atoms with Crippen molar-refractivity contribution in [2.24, 2.45) is 0 Å². The summed E-state index contributed by atoms with van der Waals surface area (Å²) in [5, 5.41) is 1.20. The molecule has 1 fully saturated rings. The molecule has 1 atom stereocenters. The number of likely N-dealkylation sites (tertiary alicyclic amines) is 1. The fraction of sp³-hybridized carbons (Fsp3) is 0.304. The third-order valence-corrected chi connectivity index (χ3v) is 7.29. The van der Waals surface area contributed by atoms with Gasteiger partial charge in [0, 0.05) is 24.5 Å². The maximum atomic E-state index is 13.3. The molecular weight excluding hydrogens is 448 g/mol. The Bertz CT molecular complexity index is 1340. The maximum absolute atomic E-state index is 13.3. The molecule has 0 bridgehead atoms. The molecule has 7 nitrogen and oxygen atoms in total. The smallest absolute Gasteiger partial charge is 0.264 e. The van der Waals surface area contributed by atoms with Gasteiger partial charge < -0.3 is 14.3 Å². The Morgan fingerprint density at radius 1 is 1.31 bits per heavy atom. The fourth-order valence-corrected chi connectivity index (χ4v) is 5.43. The molecule has 0 radical (unpaired) electrons. The first-order chi connectivity index (χ1) is 15.5. The highest BCUT2D eigenvalue weighted by Crippen LogP contribution is 2.32. The summed E-state index contributed by atoms with van der Waals surface area (Å²) >= 11 is 7.23. The minimum absolute atomic E-state index is 0.0443. The van der Waals surface area contributed by atoms with Crippen molar-refractivity contribution in [3.05, 3.63) is 79.8 Å². The van der Waals surface area contributed by atoms with E-state index in [1.54, 1.807) is 6.20 Å². The predicted octanol–water partition coefficient (Wildman–Crippen LogP) is 4.55. The number of nitrogens with one attached hydrogen (secondary N) is 1. The van der Waals surface area contributed by atoms with Crippen molar-refractivity contribution < 1.29 is 9.21 Å². The largest absolute Gasteiger partial charge is 0.445 e. The van der Waals surface area contributed by atoms with E-state index >= 15 is 0 Å². The van der Waals surface area contributed by atoms with Crippen LogP contribution in [0.15, 0.2) is 46.0 Å². The van der Waals surface area contributed by atoms with Crippen molar-refractivity contribution in [1.29, 1.82) is 0 Å². The molecule has 1 aliphatic heterocycles. The van der Waals surface area contributed by atoms with Crippen LogP contribution in [0.4, 0.5) is 0 Å². The van der Waals surface area contributed by atoms with Crippen molar-refractivity contribution in [2.75, 3.05) is 13.1 Å². The zero-order valence-electron chi connectivity index (χ0n) is 17.4. The number of aryl methyl sites for hydroxylation is 1. The minimum Gasteiger partial charge on any atom is -0.445 e. The van der Waals surface area contributed by atoms with Gasteiger partial charge >= 0.3 is 0 Å². The van der Waals surface area contributed by atoms with Gasteiger partial charge in [0.15, 0.2) is 5.89 Å². The van der Waals surface area contributed by atoms with E-state index in [0.29, 0.717) is 51.1 Å². The molecule has 1 aliphatic rings. The molecule has 1 aromatic carbocycles. The lowest BCUT2D eigenvalue weighted by molar-refractivity contribution is 0.0702. The van der Waals surface area contributed by atoms with Crippen molar-refractivity contribution in [3.63, 3.8) is 0 Å². The maximum Gasteiger partial charge on any atom is 0.264 e. The van der Waals surface area contributed by atoms with Crippen LogP contribution in [0.2, 0.25) is 5.02 Å². The average molecular weight is 469 g/mol. The number of carbonyl (C=O) groups is 1.